The minimum atomic E-state index is -0.663. The maximum Gasteiger partial charge on any atom is 0.303 e. The van der Waals surface area contributed by atoms with Crippen molar-refractivity contribution < 1.29 is 20.1 Å². The smallest absolute Gasteiger partial charge is 0.303 e. The van der Waals surface area contributed by atoms with Gasteiger partial charge in [-0.1, -0.05) is 65.2 Å². The molecular weight excluding hydrogens is 256 g/mol. The first kappa shape index (κ1) is 21.7. The molecule has 0 heterocycles. The van der Waals surface area contributed by atoms with E-state index in [-0.39, 0.29) is 6.61 Å². The van der Waals surface area contributed by atoms with Crippen LogP contribution in [0.1, 0.15) is 84.5 Å². The summed E-state index contributed by atoms with van der Waals surface area (Å²) in [4.78, 5) is 10.1. The number of carboxylic acids is 1. The third kappa shape index (κ3) is 22.6. The molecule has 0 amide bonds. The minimum Gasteiger partial charge on any atom is -0.481 e. The summed E-state index contributed by atoms with van der Waals surface area (Å²) in [5.41, 5.74) is 0. The molecule has 20 heavy (non-hydrogen) atoms. The Balaban J connectivity index is 0. The zero-order valence-electron chi connectivity index (χ0n) is 13.3. The van der Waals surface area contributed by atoms with Crippen LogP contribution < -0.4 is 0 Å². The highest BCUT2D eigenvalue weighted by atomic mass is 16.4. The summed E-state index contributed by atoms with van der Waals surface area (Å²) in [7, 11) is 0. The predicted octanol–water partition coefficient (Wildman–Crippen LogP) is 3.74. The summed E-state index contributed by atoms with van der Waals surface area (Å²) in [5, 5.41) is 25.4. The van der Waals surface area contributed by atoms with E-state index in [2.05, 4.69) is 13.8 Å². The van der Waals surface area contributed by atoms with Crippen LogP contribution in [0, 0.1) is 0 Å². The summed E-state index contributed by atoms with van der Waals surface area (Å²) in [6.07, 6.45) is 11.0. The average molecular weight is 290 g/mol. The van der Waals surface area contributed by atoms with Gasteiger partial charge in [0, 0.05) is 6.42 Å². The lowest BCUT2D eigenvalue weighted by Crippen LogP contribution is -2.10. The van der Waals surface area contributed by atoms with E-state index in [9.17, 15) is 4.79 Å². The van der Waals surface area contributed by atoms with Crippen molar-refractivity contribution in [2.75, 3.05) is 6.61 Å². The molecule has 0 aromatic carbocycles. The monoisotopic (exact) mass is 290 g/mol. The second-order valence-corrected chi connectivity index (χ2v) is 5.24. The molecule has 4 nitrogen and oxygen atoms in total. The molecule has 0 saturated heterocycles. The van der Waals surface area contributed by atoms with Crippen LogP contribution in [0.4, 0.5) is 0 Å². The lowest BCUT2D eigenvalue weighted by molar-refractivity contribution is -0.137. The Bertz CT molecular complexity index is 195. The predicted molar refractivity (Wildman–Crippen MR) is 82.9 cm³/mol. The molecule has 0 spiro atoms. The number of hydrogen-bond acceptors (Lipinski definition) is 3. The Morgan fingerprint density at radius 1 is 0.900 bits per heavy atom. The van der Waals surface area contributed by atoms with Crippen molar-refractivity contribution in [1.29, 1.82) is 0 Å². The number of carbonyl (C=O) groups is 1. The van der Waals surface area contributed by atoms with Gasteiger partial charge in [0.05, 0.1) is 12.7 Å². The Morgan fingerprint density at radius 3 is 1.85 bits per heavy atom. The van der Waals surface area contributed by atoms with Gasteiger partial charge in [-0.2, -0.15) is 0 Å². The SMILES string of the molecule is CCCCC(O)CO.CCCCCCCCCC(=O)O. The number of aliphatic hydroxyl groups is 2. The van der Waals surface area contributed by atoms with Gasteiger partial charge in [-0.25, -0.2) is 0 Å². The Morgan fingerprint density at radius 2 is 1.40 bits per heavy atom. The molecule has 1 unspecified atom stereocenters. The van der Waals surface area contributed by atoms with Crippen molar-refractivity contribution in [3.05, 3.63) is 0 Å². The van der Waals surface area contributed by atoms with Gasteiger partial charge >= 0.3 is 5.97 Å². The fourth-order valence-electron chi connectivity index (χ4n) is 1.76. The zero-order chi connectivity index (χ0) is 15.6. The summed E-state index contributed by atoms with van der Waals surface area (Å²) < 4.78 is 0. The summed E-state index contributed by atoms with van der Waals surface area (Å²) in [5.74, 6) is -0.663. The van der Waals surface area contributed by atoms with Gasteiger partial charge in [0.2, 0.25) is 0 Å². The van der Waals surface area contributed by atoms with Crippen LogP contribution >= 0.6 is 0 Å². The van der Waals surface area contributed by atoms with E-state index in [1.54, 1.807) is 0 Å². The van der Waals surface area contributed by atoms with E-state index in [1.807, 2.05) is 0 Å². The molecule has 3 N–H and O–H groups in total. The second kappa shape index (κ2) is 18.4. The van der Waals surface area contributed by atoms with Crippen LogP contribution in [-0.4, -0.2) is 34.0 Å². The lowest BCUT2D eigenvalue weighted by atomic mass is 10.1. The topological polar surface area (TPSA) is 77.8 Å². The molecule has 0 radical (unpaired) electrons. The number of rotatable bonds is 12. The van der Waals surface area contributed by atoms with E-state index in [1.165, 1.54) is 32.1 Å². The normalized spacial score (nSPS) is 11.6. The first-order valence-electron chi connectivity index (χ1n) is 8.09. The van der Waals surface area contributed by atoms with E-state index in [4.69, 9.17) is 15.3 Å². The minimum absolute atomic E-state index is 0.0972. The van der Waals surface area contributed by atoms with E-state index < -0.39 is 12.1 Å². The molecular formula is C16H34O4. The fourth-order valence-corrected chi connectivity index (χ4v) is 1.76. The average Bonchev–Trinajstić information content (AvgIpc) is 2.44. The fraction of sp³-hybridized carbons (Fsp3) is 0.938. The van der Waals surface area contributed by atoms with Crippen molar-refractivity contribution in [2.24, 2.45) is 0 Å². The van der Waals surface area contributed by atoms with Crippen molar-refractivity contribution in [3.8, 4) is 0 Å². The first-order valence-corrected chi connectivity index (χ1v) is 8.09. The Kier molecular flexibility index (Phi) is 19.9. The van der Waals surface area contributed by atoms with Gasteiger partial charge < -0.3 is 15.3 Å². The number of hydrogen-bond donors (Lipinski definition) is 3. The van der Waals surface area contributed by atoms with Gasteiger partial charge in [0.1, 0.15) is 0 Å². The Hall–Kier alpha value is -0.610. The maximum absolute atomic E-state index is 10.1. The molecule has 0 aromatic heterocycles. The van der Waals surface area contributed by atoms with Gasteiger partial charge in [-0.05, 0) is 12.8 Å². The quantitative estimate of drug-likeness (QED) is 0.478. The standard InChI is InChI=1S/C10H20O2.C6H14O2/c1-2-3-4-5-6-7-8-9-10(11)12;1-2-3-4-6(8)5-7/h2-9H2,1H3,(H,11,12);6-8H,2-5H2,1H3. The molecule has 122 valence electrons. The maximum atomic E-state index is 10.1. The van der Waals surface area contributed by atoms with Crippen LogP contribution in [0.5, 0.6) is 0 Å². The van der Waals surface area contributed by atoms with Crippen molar-refractivity contribution in [1.82, 2.24) is 0 Å². The lowest BCUT2D eigenvalue weighted by Gasteiger charge is -2.02. The van der Waals surface area contributed by atoms with E-state index >= 15 is 0 Å². The van der Waals surface area contributed by atoms with Crippen molar-refractivity contribution >= 4 is 5.97 Å². The summed E-state index contributed by atoms with van der Waals surface area (Å²) in [6, 6.07) is 0. The molecule has 0 aromatic rings. The third-order valence-electron chi connectivity index (χ3n) is 3.10. The molecule has 0 bridgehead atoms. The number of aliphatic carboxylic acids is 1. The van der Waals surface area contributed by atoms with Crippen LogP contribution in [0.2, 0.25) is 0 Å². The van der Waals surface area contributed by atoms with Crippen LogP contribution in [-0.2, 0) is 4.79 Å². The zero-order valence-corrected chi connectivity index (χ0v) is 13.3. The molecule has 1 atom stereocenters. The number of unbranched alkanes of at least 4 members (excludes halogenated alkanes) is 7. The van der Waals surface area contributed by atoms with Gasteiger partial charge in [-0.3, -0.25) is 4.79 Å². The van der Waals surface area contributed by atoms with Gasteiger partial charge in [0.25, 0.3) is 0 Å². The van der Waals surface area contributed by atoms with E-state index in [0.29, 0.717) is 6.42 Å². The van der Waals surface area contributed by atoms with Crippen LogP contribution in [0.3, 0.4) is 0 Å². The van der Waals surface area contributed by atoms with Crippen molar-refractivity contribution in [2.45, 2.75) is 90.6 Å². The summed E-state index contributed by atoms with van der Waals surface area (Å²) >= 11 is 0. The Labute approximate surface area is 124 Å². The van der Waals surface area contributed by atoms with Crippen LogP contribution in [0.15, 0.2) is 0 Å². The highest BCUT2D eigenvalue weighted by molar-refractivity contribution is 5.66. The van der Waals surface area contributed by atoms with E-state index in [0.717, 1.165) is 32.1 Å². The second-order valence-electron chi connectivity index (χ2n) is 5.24. The third-order valence-corrected chi connectivity index (χ3v) is 3.10. The molecule has 0 saturated carbocycles. The molecule has 0 aliphatic carbocycles. The van der Waals surface area contributed by atoms with Crippen molar-refractivity contribution in [3.63, 3.8) is 0 Å². The molecule has 4 heteroatoms. The summed E-state index contributed by atoms with van der Waals surface area (Å²) in [6.45, 7) is 4.16. The highest BCUT2D eigenvalue weighted by Crippen LogP contribution is 2.07. The molecule has 0 aliphatic rings. The first-order chi connectivity index (χ1) is 9.58. The van der Waals surface area contributed by atoms with Gasteiger partial charge in [-0.15, -0.1) is 0 Å². The highest BCUT2D eigenvalue weighted by Gasteiger charge is 1.98. The number of carboxylic acid groups (broad SMARTS) is 1. The molecule has 0 rings (SSSR count). The number of aliphatic hydroxyl groups excluding tert-OH is 2. The van der Waals surface area contributed by atoms with Crippen LogP contribution in [0.25, 0.3) is 0 Å². The van der Waals surface area contributed by atoms with Gasteiger partial charge in [0.15, 0.2) is 0 Å². The molecule has 0 aliphatic heterocycles. The molecule has 0 fully saturated rings. The largest absolute Gasteiger partial charge is 0.481 e.